The van der Waals surface area contributed by atoms with Crippen LogP contribution >= 0.6 is 0 Å². The second-order valence-electron chi connectivity index (χ2n) is 3.25. The van der Waals surface area contributed by atoms with E-state index in [-0.39, 0.29) is 5.84 Å². The summed E-state index contributed by atoms with van der Waals surface area (Å²) in [5.74, 6) is -0.0347. The first kappa shape index (κ1) is 8.68. The van der Waals surface area contributed by atoms with E-state index in [9.17, 15) is 0 Å². The summed E-state index contributed by atoms with van der Waals surface area (Å²) in [6, 6.07) is 3.65. The molecule has 14 heavy (non-hydrogen) atoms. The van der Waals surface area contributed by atoms with Crippen molar-refractivity contribution < 1.29 is 0 Å². The Morgan fingerprint density at radius 3 is 2.79 bits per heavy atom. The van der Waals surface area contributed by atoms with Crippen LogP contribution in [0.4, 0.5) is 0 Å². The number of rotatable bonds is 1. The van der Waals surface area contributed by atoms with E-state index in [4.69, 9.17) is 11.1 Å². The van der Waals surface area contributed by atoms with Gasteiger partial charge in [-0.05, 0) is 19.9 Å². The number of fused-ring (bicyclic) bond motifs is 1. The van der Waals surface area contributed by atoms with E-state index in [1.807, 2.05) is 19.9 Å². The first-order chi connectivity index (χ1) is 6.58. The van der Waals surface area contributed by atoms with Crippen molar-refractivity contribution in [1.82, 2.24) is 14.6 Å². The molecule has 0 aliphatic rings. The van der Waals surface area contributed by atoms with Gasteiger partial charge >= 0.3 is 0 Å². The van der Waals surface area contributed by atoms with Gasteiger partial charge in [0.1, 0.15) is 11.5 Å². The average molecular weight is 189 g/mol. The first-order valence-corrected chi connectivity index (χ1v) is 4.26. The van der Waals surface area contributed by atoms with Gasteiger partial charge in [-0.2, -0.15) is 5.10 Å². The van der Waals surface area contributed by atoms with Crippen molar-refractivity contribution in [3.8, 4) is 0 Å². The number of amidine groups is 1. The number of hydrogen-bond acceptors (Lipinski definition) is 3. The second kappa shape index (κ2) is 2.80. The largest absolute Gasteiger partial charge is 0.382 e. The number of nitrogens with one attached hydrogen (secondary N) is 1. The molecule has 2 heterocycles. The van der Waals surface area contributed by atoms with Gasteiger partial charge < -0.3 is 5.73 Å². The Hall–Kier alpha value is -1.91. The highest BCUT2D eigenvalue weighted by Gasteiger charge is 2.06. The average Bonchev–Trinajstić information content (AvgIpc) is 2.47. The third-order valence-corrected chi connectivity index (χ3v) is 2.01. The standard InChI is InChI=1S/C9H11N5/c1-5-3-6(2)14-8(12-5)4-7(13-14)9(10)11/h3-4H,1-2H3,(H3,10,11). The Balaban J connectivity index is 2.76. The number of aromatic nitrogens is 3. The van der Waals surface area contributed by atoms with Gasteiger partial charge in [0.25, 0.3) is 0 Å². The van der Waals surface area contributed by atoms with Gasteiger partial charge in [-0.15, -0.1) is 0 Å². The van der Waals surface area contributed by atoms with E-state index in [1.165, 1.54) is 0 Å². The van der Waals surface area contributed by atoms with Crippen LogP contribution in [-0.2, 0) is 0 Å². The Labute approximate surface area is 81.1 Å². The summed E-state index contributed by atoms with van der Waals surface area (Å²) in [6.45, 7) is 3.87. The van der Waals surface area contributed by atoms with E-state index >= 15 is 0 Å². The fourth-order valence-electron chi connectivity index (χ4n) is 1.42. The van der Waals surface area contributed by atoms with Gasteiger partial charge in [-0.3, -0.25) is 5.41 Å². The Morgan fingerprint density at radius 2 is 2.14 bits per heavy atom. The van der Waals surface area contributed by atoms with Gasteiger partial charge in [0.05, 0.1) is 0 Å². The van der Waals surface area contributed by atoms with Crippen molar-refractivity contribution in [3.63, 3.8) is 0 Å². The summed E-state index contributed by atoms with van der Waals surface area (Å²) in [6.07, 6.45) is 0. The summed E-state index contributed by atoms with van der Waals surface area (Å²) < 4.78 is 1.68. The minimum Gasteiger partial charge on any atom is -0.382 e. The molecule has 72 valence electrons. The molecule has 5 heteroatoms. The van der Waals surface area contributed by atoms with Crippen molar-refractivity contribution in [2.75, 3.05) is 0 Å². The van der Waals surface area contributed by atoms with E-state index < -0.39 is 0 Å². The van der Waals surface area contributed by atoms with Gasteiger partial charge in [0.15, 0.2) is 5.65 Å². The first-order valence-electron chi connectivity index (χ1n) is 4.26. The van der Waals surface area contributed by atoms with Crippen molar-refractivity contribution >= 4 is 11.5 Å². The maximum Gasteiger partial charge on any atom is 0.156 e. The fourth-order valence-corrected chi connectivity index (χ4v) is 1.42. The zero-order chi connectivity index (χ0) is 10.3. The molecule has 0 saturated heterocycles. The molecule has 2 rings (SSSR count). The zero-order valence-corrected chi connectivity index (χ0v) is 8.07. The minimum atomic E-state index is -0.0347. The molecule has 0 bridgehead atoms. The molecule has 0 radical (unpaired) electrons. The monoisotopic (exact) mass is 189 g/mol. The van der Waals surface area contributed by atoms with Crippen LogP contribution in [0.3, 0.4) is 0 Å². The fraction of sp³-hybridized carbons (Fsp3) is 0.222. The molecule has 0 fully saturated rings. The molecule has 0 aliphatic heterocycles. The summed E-state index contributed by atoms with van der Waals surface area (Å²) in [7, 11) is 0. The number of hydrogen-bond donors (Lipinski definition) is 2. The van der Waals surface area contributed by atoms with Crippen LogP contribution in [-0.4, -0.2) is 20.4 Å². The normalized spacial score (nSPS) is 10.7. The molecule has 0 aliphatic carbocycles. The smallest absolute Gasteiger partial charge is 0.156 e. The molecule has 2 aromatic heterocycles. The van der Waals surface area contributed by atoms with Crippen molar-refractivity contribution in [2.24, 2.45) is 5.73 Å². The summed E-state index contributed by atoms with van der Waals surface area (Å²) in [4.78, 5) is 4.29. The molecule has 0 aromatic carbocycles. The molecule has 0 saturated carbocycles. The lowest BCUT2D eigenvalue weighted by Crippen LogP contribution is -2.11. The molecule has 5 nitrogen and oxygen atoms in total. The van der Waals surface area contributed by atoms with Crippen LogP contribution in [0.5, 0.6) is 0 Å². The van der Waals surface area contributed by atoms with Crippen LogP contribution in [0.25, 0.3) is 5.65 Å². The minimum absolute atomic E-state index is 0.0347. The molecule has 2 aromatic rings. The highest BCUT2D eigenvalue weighted by atomic mass is 15.3. The maximum absolute atomic E-state index is 7.27. The molecule has 0 amide bonds. The van der Waals surface area contributed by atoms with E-state index in [2.05, 4.69) is 10.1 Å². The van der Waals surface area contributed by atoms with E-state index in [0.29, 0.717) is 5.69 Å². The number of nitrogen functional groups attached to an aromatic ring is 1. The summed E-state index contributed by atoms with van der Waals surface area (Å²) >= 11 is 0. The third kappa shape index (κ3) is 1.22. The number of nitrogens with zero attached hydrogens (tertiary/aromatic N) is 3. The number of aryl methyl sites for hydroxylation is 2. The Kier molecular flexibility index (Phi) is 1.73. The molecule has 0 atom stereocenters. The van der Waals surface area contributed by atoms with Crippen LogP contribution in [0.15, 0.2) is 12.1 Å². The van der Waals surface area contributed by atoms with Crippen LogP contribution in [0.2, 0.25) is 0 Å². The van der Waals surface area contributed by atoms with Crippen molar-refractivity contribution in [3.05, 3.63) is 29.2 Å². The predicted octanol–water partition coefficient (Wildman–Crippen LogP) is 0.630. The highest BCUT2D eigenvalue weighted by Crippen LogP contribution is 2.08. The zero-order valence-electron chi connectivity index (χ0n) is 8.07. The molecule has 0 unspecified atom stereocenters. The molecule has 3 N–H and O–H groups in total. The lowest BCUT2D eigenvalue weighted by molar-refractivity contribution is 0.880. The Morgan fingerprint density at radius 1 is 1.43 bits per heavy atom. The molecule has 0 spiro atoms. The lowest BCUT2D eigenvalue weighted by atomic mass is 10.3. The summed E-state index contributed by atoms with van der Waals surface area (Å²) in [5.41, 5.74) is 8.46. The Bertz CT molecular complexity index is 511. The molecular weight excluding hydrogens is 178 g/mol. The molecular formula is C9H11N5. The van der Waals surface area contributed by atoms with E-state index in [1.54, 1.807) is 10.6 Å². The van der Waals surface area contributed by atoms with Crippen molar-refractivity contribution in [1.29, 1.82) is 5.41 Å². The topological polar surface area (TPSA) is 80.1 Å². The summed E-state index contributed by atoms with van der Waals surface area (Å²) in [5, 5.41) is 11.4. The van der Waals surface area contributed by atoms with Crippen molar-refractivity contribution in [2.45, 2.75) is 13.8 Å². The van der Waals surface area contributed by atoms with Crippen LogP contribution < -0.4 is 5.73 Å². The van der Waals surface area contributed by atoms with Gasteiger partial charge in [-0.25, -0.2) is 9.50 Å². The number of nitrogens with two attached hydrogens (primary N) is 1. The van der Waals surface area contributed by atoms with Gasteiger partial charge in [0.2, 0.25) is 0 Å². The SMILES string of the molecule is Cc1cc(C)n2nc(C(=N)N)cc2n1. The lowest BCUT2D eigenvalue weighted by Gasteiger charge is -1.98. The maximum atomic E-state index is 7.27. The van der Waals surface area contributed by atoms with Gasteiger partial charge in [0, 0.05) is 17.5 Å². The third-order valence-electron chi connectivity index (χ3n) is 2.01. The van der Waals surface area contributed by atoms with Crippen LogP contribution in [0.1, 0.15) is 17.1 Å². The van der Waals surface area contributed by atoms with E-state index in [0.717, 1.165) is 17.0 Å². The second-order valence-corrected chi connectivity index (χ2v) is 3.25. The van der Waals surface area contributed by atoms with Gasteiger partial charge in [-0.1, -0.05) is 0 Å². The van der Waals surface area contributed by atoms with Crippen LogP contribution in [0, 0.1) is 19.3 Å². The highest BCUT2D eigenvalue weighted by molar-refractivity contribution is 5.93. The quantitative estimate of drug-likeness (QED) is 0.510. The predicted molar refractivity (Wildman–Crippen MR) is 53.5 cm³/mol.